The van der Waals surface area contributed by atoms with Crippen molar-refractivity contribution in [1.82, 2.24) is 0 Å². The first-order chi connectivity index (χ1) is 7.68. The van der Waals surface area contributed by atoms with Gasteiger partial charge in [-0.15, -0.1) is 0 Å². The van der Waals surface area contributed by atoms with Gasteiger partial charge in [-0.1, -0.05) is 25.0 Å². The van der Waals surface area contributed by atoms with Gasteiger partial charge in [0.15, 0.2) is 0 Å². The largest absolute Gasteiger partial charge is 0.481 e. The number of hydrogen-bond acceptors (Lipinski definition) is 1. The quantitative estimate of drug-likeness (QED) is 0.609. The Hall–Kier alpha value is -0.580. The highest BCUT2D eigenvalue weighted by Gasteiger charge is 1.97. The minimum Gasteiger partial charge on any atom is -0.481 e. The van der Waals surface area contributed by atoms with Crippen LogP contribution in [0.1, 0.15) is 37.7 Å². The number of halogens is 1. The molecule has 88 valence electrons. The van der Waals surface area contributed by atoms with Gasteiger partial charge in [0.05, 0.1) is 0 Å². The second kappa shape index (κ2) is 7.65. The Labute approximate surface area is 110 Å². The molecule has 0 amide bonds. The number of aryl methyl sites for hydroxylation is 1. The molecule has 0 saturated heterocycles. The summed E-state index contributed by atoms with van der Waals surface area (Å²) < 4.78 is 1.27. The van der Waals surface area contributed by atoms with Crippen molar-refractivity contribution >= 4 is 28.6 Å². The molecule has 1 aromatic rings. The molecule has 0 aromatic heterocycles. The van der Waals surface area contributed by atoms with Gasteiger partial charge >= 0.3 is 5.97 Å². The summed E-state index contributed by atoms with van der Waals surface area (Å²) >= 11 is 2.30. The summed E-state index contributed by atoms with van der Waals surface area (Å²) in [6.07, 6.45) is 5.52. The Morgan fingerprint density at radius 2 is 1.69 bits per heavy atom. The van der Waals surface area contributed by atoms with E-state index in [1.165, 1.54) is 9.13 Å². The smallest absolute Gasteiger partial charge is 0.303 e. The Bertz CT molecular complexity index is 319. The van der Waals surface area contributed by atoms with Crippen LogP contribution in [0.5, 0.6) is 0 Å². The van der Waals surface area contributed by atoms with Gasteiger partial charge in [-0.2, -0.15) is 0 Å². The monoisotopic (exact) mass is 328 g/mol. The van der Waals surface area contributed by atoms with Crippen LogP contribution in [0.25, 0.3) is 0 Å². The molecule has 0 aliphatic rings. The first kappa shape index (κ1) is 13.5. The molecular weight excluding hydrogens is 311 g/mol. The lowest BCUT2D eigenvalue weighted by atomic mass is 10.1. The van der Waals surface area contributed by atoms with E-state index in [-0.39, 0.29) is 0 Å². The normalized spacial score (nSPS) is 10.3. The molecule has 1 N–H and O–H groups in total. The van der Waals surface area contributed by atoms with E-state index in [0.717, 1.165) is 32.1 Å². The zero-order valence-corrected chi connectivity index (χ0v) is 11.4. The average molecular weight is 328 g/mol. The number of rotatable bonds is 7. The molecule has 0 spiro atoms. The molecule has 0 heterocycles. The maximum absolute atomic E-state index is 10.3. The summed E-state index contributed by atoms with van der Waals surface area (Å²) in [4.78, 5) is 10.3. The van der Waals surface area contributed by atoms with E-state index in [2.05, 4.69) is 46.9 Å². The van der Waals surface area contributed by atoms with Crippen LogP contribution in [0.2, 0.25) is 0 Å². The summed E-state index contributed by atoms with van der Waals surface area (Å²) in [5, 5.41) is 8.47. The van der Waals surface area contributed by atoms with E-state index >= 15 is 0 Å². The molecule has 1 aromatic carbocycles. The fourth-order valence-electron chi connectivity index (χ4n) is 1.61. The molecular formula is C13H17IO2. The third kappa shape index (κ3) is 6.10. The minimum atomic E-state index is -0.683. The van der Waals surface area contributed by atoms with Crippen molar-refractivity contribution < 1.29 is 9.90 Å². The maximum Gasteiger partial charge on any atom is 0.303 e. The zero-order chi connectivity index (χ0) is 11.8. The second-order valence-corrected chi connectivity index (χ2v) is 5.18. The SMILES string of the molecule is O=C(O)CCCCCCc1ccc([123I])cc1. The van der Waals surface area contributed by atoms with Crippen LogP contribution in [0.3, 0.4) is 0 Å². The maximum atomic E-state index is 10.3. The molecule has 0 atom stereocenters. The van der Waals surface area contributed by atoms with Crippen molar-refractivity contribution in [3.63, 3.8) is 0 Å². The third-order valence-corrected chi connectivity index (χ3v) is 3.24. The van der Waals surface area contributed by atoms with E-state index in [4.69, 9.17) is 5.11 Å². The van der Waals surface area contributed by atoms with Gasteiger partial charge in [-0.3, -0.25) is 4.79 Å². The van der Waals surface area contributed by atoms with Gasteiger partial charge in [0.25, 0.3) is 0 Å². The van der Waals surface area contributed by atoms with Crippen molar-refractivity contribution in [3.8, 4) is 0 Å². The summed E-state index contributed by atoms with van der Waals surface area (Å²) in [5.41, 5.74) is 1.37. The van der Waals surface area contributed by atoms with Gasteiger partial charge < -0.3 is 5.11 Å². The van der Waals surface area contributed by atoms with Crippen LogP contribution in [0, 0.1) is 3.57 Å². The Balaban J connectivity index is 2.07. The van der Waals surface area contributed by atoms with E-state index in [0.29, 0.717) is 6.42 Å². The van der Waals surface area contributed by atoms with E-state index < -0.39 is 5.97 Å². The van der Waals surface area contributed by atoms with Crippen molar-refractivity contribution in [3.05, 3.63) is 33.4 Å². The Morgan fingerprint density at radius 1 is 1.06 bits per heavy atom. The highest BCUT2D eigenvalue weighted by atomic mass is 123. The van der Waals surface area contributed by atoms with Gasteiger partial charge in [-0.05, 0) is 59.5 Å². The molecule has 3 heteroatoms. The molecule has 0 saturated carbocycles. The number of unbranched alkanes of at least 4 members (excludes halogenated alkanes) is 3. The molecule has 0 bridgehead atoms. The summed E-state index contributed by atoms with van der Waals surface area (Å²) in [7, 11) is 0. The van der Waals surface area contributed by atoms with Gasteiger partial charge in [0.2, 0.25) is 0 Å². The van der Waals surface area contributed by atoms with E-state index in [9.17, 15) is 4.79 Å². The average Bonchev–Trinajstić information content (AvgIpc) is 2.25. The van der Waals surface area contributed by atoms with E-state index in [1.54, 1.807) is 0 Å². The van der Waals surface area contributed by atoms with Crippen LogP contribution in [-0.2, 0) is 11.2 Å². The molecule has 0 unspecified atom stereocenters. The van der Waals surface area contributed by atoms with Crippen molar-refractivity contribution in [2.24, 2.45) is 0 Å². The lowest BCUT2D eigenvalue weighted by Gasteiger charge is -2.01. The minimum absolute atomic E-state index is 0.309. The number of carboxylic acids is 1. The lowest BCUT2D eigenvalue weighted by molar-refractivity contribution is -0.137. The van der Waals surface area contributed by atoms with Crippen LogP contribution in [-0.4, -0.2) is 11.1 Å². The third-order valence-electron chi connectivity index (χ3n) is 2.52. The number of carbonyl (C=O) groups is 1. The van der Waals surface area contributed by atoms with Crippen LogP contribution >= 0.6 is 22.6 Å². The molecule has 2 nitrogen and oxygen atoms in total. The molecule has 1 rings (SSSR count). The number of carboxylic acid groups (broad SMARTS) is 1. The van der Waals surface area contributed by atoms with Crippen LogP contribution in [0.15, 0.2) is 24.3 Å². The first-order valence-electron chi connectivity index (χ1n) is 5.65. The number of aliphatic carboxylic acids is 1. The van der Waals surface area contributed by atoms with Crippen molar-refractivity contribution in [1.29, 1.82) is 0 Å². The predicted octanol–water partition coefficient (Wildman–Crippen LogP) is 3.87. The van der Waals surface area contributed by atoms with Gasteiger partial charge in [-0.25, -0.2) is 0 Å². The molecule has 0 radical (unpaired) electrons. The Kier molecular flexibility index (Phi) is 6.45. The van der Waals surface area contributed by atoms with Crippen LogP contribution < -0.4 is 0 Å². The van der Waals surface area contributed by atoms with Crippen molar-refractivity contribution in [2.45, 2.75) is 38.5 Å². The summed E-state index contributed by atoms with van der Waals surface area (Å²) in [5.74, 6) is -0.683. The highest BCUT2D eigenvalue weighted by Crippen LogP contribution is 2.11. The zero-order valence-electron chi connectivity index (χ0n) is 9.29. The summed E-state index contributed by atoms with van der Waals surface area (Å²) in [6, 6.07) is 8.58. The fourth-order valence-corrected chi connectivity index (χ4v) is 1.97. The first-order valence-corrected chi connectivity index (χ1v) is 6.72. The van der Waals surface area contributed by atoms with E-state index in [1.807, 2.05) is 0 Å². The Morgan fingerprint density at radius 3 is 2.31 bits per heavy atom. The molecule has 0 aliphatic heterocycles. The molecule has 0 fully saturated rings. The van der Waals surface area contributed by atoms with Gasteiger partial charge in [0, 0.05) is 9.99 Å². The fraction of sp³-hybridized carbons (Fsp3) is 0.462. The number of hydrogen-bond donors (Lipinski definition) is 1. The topological polar surface area (TPSA) is 37.3 Å². The molecule has 0 aliphatic carbocycles. The summed E-state index contributed by atoms with van der Waals surface area (Å²) in [6.45, 7) is 0. The predicted molar refractivity (Wildman–Crippen MR) is 73.6 cm³/mol. The second-order valence-electron chi connectivity index (χ2n) is 3.93. The van der Waals surface area contributed by atoms with Gasteiger partial charge in [0.1, 0.15) is 0 Å². The van der Waals surface area contributed by atoms with Crippen LogP contribution in [0.4, 0.5) is 0 Å². The van der Waals surface area contributed by atoms with Crippen molar-refractivity contribution in [2.75, 3.05) is 0 Å². The standard InChI is InChI=1S/C13H17IO2/c14-12-9-7-11(8-10-12)5-3-1-2-4-6-13(15)16/h7-10H,1-6H2,(H,15,16)/i14-4. The highest BCUT2D eigenvalue weighted by molar-refractivity contribution is 14.1. The number of benzene rings is 1. The molecule has 16 heavy (non-hydrogen) atoms. The lowest BCUT2D eigenvalue weighted by Crippen LogP contribution is -1.94.